The number of aromatic nitrogens is 3. The zero-order valence-corrected chi connectivity index (χ0v) is 33.3. The van der Waals surface area contributed by atoms with Gasteiger partial charge in [-0.1, -0.05) is 164 Å². The summed E-state index contributed by atoms with van der Waals surface area (Å²) < 4.78 is 13.1. The summed E-state index contributed by atoms with van der Waals surface area (Å²) in [5.41, 5.74) is 14.7. The van der Waals surface area contributed by atoms with Crippen LogP contribution in [0.3, 0.4) is 0 Å². The average Bonchev–Trinajstić information content (AvgIpc) is 3.87. The van der Waals surface area contributed by atoms with Gasteiger partial charge in [0.25, 0.3) is 0 Å². The van der Waals surface area contributed by atoms with E-state index in [0.29, 0.717) is 5.82 Å². The SMILES string of the molecule is C[C@@]12C=CC=CC1Oc1cc(-c3ccc4nc(-c5ccc(-c6ccc(-c7nc(-c8ccccc8)cc(-c8ccccc8)n7)cc6)cc5)c5oc6ccccc6c5c4c3)ccc12. The van der Waals surface area contributed by atoms with Crippen LogP contribution in [0.5, 0.6) is 5.75 Å². The van der Waals surface area contributed by atoms with E-state index in [1.54, 1.807) is 0 Å². The average molecular weight is 784 g/mol. The molecule has 5 heteroatoms. The zero-order chi connectivity index (χ0) is 40.5. The van der Waals surface area contributed by atoms with Crippen LogP contribution in [-0.2, 0) is 5.41 Å². The normalized spacial score (nSPS) is 16.5. The molecule has 0 saturated carbocycles. The summed E-state index contributed by atoms with van der Waals surface area (Å²) in [5, 5.41) is 3.19. The van der Waals surface area contributed by atoms with Gasteiger partial charge in [-0.3, -0.25) is 0 Å². The van der Waals surface area contributed by atoms with Crippen molar-refractivity contribution in [1.82, 2.24) is 15.0 Å². The number of pyridine rings is 1. The molecule has 288 valence electrons. The molecule has 0 saturated heterocycles. The molecule has 0 radical (unpaired) electrons. The topological polar surface area (TPSA) is 61.0 Å². The minimum Gasteiger partial charge on any atom is -0.485 e. The molecule has 5 nitrogen and oxygen atoms in total. The lowest BCUT2D eigenvalue weighted by molar-refractivity contribution is 0.228. The van der Waals surface area contributed by atoms with Crippen LogP contribution >= 0.6 is 0 Å². The molecule has 0 amide bonds. The van der Waals surface area contributed by atoms with Gasteiger partial charge in [-0.25, -0.2) is 15.0 Å². The summed E-state index contributed by atoms with van der Waals surface area (Å²) in [6.07, 6.45) is 8.59. The molecule has 7 aromatic carbocycles. The van der Waals surface area contributed by atoms with E-state index in [1.165, 1.54) is 5.56 Å². The van der Waals surface area contributed by atoms with Crippen LogP contribution in [-0.4, -0.2) is 21.1 Å². The molecule has 1 aliphatic carbocycles. The van der Waals surface area contributed by atoms with Crippen LogP contribution in [0.2, 0.25) is 0 Å². The van der Waals surface area contributed by atoms with Gasteiger partial charge in [0.2, 0.25) is 0 Å². The largest absolute Gasteiger partial charge is 0.485 e. The van der Waals surface area contributed by atoms with Crippen molar-refractivity contribution >= 4 is 32.8 Å². The van der Waals surface area contributed by atoms with Gasteiger partial charge in [0.1, 0.15) is 23.1 Å². The number of rotatable bonds is 6. The van der Waals surface area contributed by atoms with E-state index < -0.39 is 0 Å². The van der Waals surface area contributed by atoms with Crippen LogP contribution in [0.25, 0.3) is 100 Å². The summed E-state index contributed by atoms with van der Waals surface area (Å²) in [7, 11) is 0. The highest BCUT2D eigenvalue weighted by molar-refractivity contribution is 6.21. The van der Waals surface area contributed by atoms with E-state index in [9.17, 15) is 0 Å². The third kappa shape index (κ3) is 5.89. The molecule has 4 heterocycles. The minimum absolute atomic E-state index is 0.00615. The number of furan rings is 1. The number of fused-ring (bicyclic) bond motifs is 8. The number of hydrogen-bond donors (Lipinski definition) is 0. The van der Waals surface area contributed by atoms with E-state index in [-0.39, 0.29) is 11.5 Å². The second kappa shape index (κ2) is 13.9. The molecule has 1 unspecified atom stereocenters. The molecule has 2 aliphatic rings. The number of allylic oxidation sites excluding steroid dienone is 2. The van der Waals surface area contributed by atoms with Crippen molar-refractivity contribution in [3.63, 3.8) is 0 Å². The number of hydrogen-bond acceptors (Lipinski definition) is 5. The summed E-state index contributed by atoms with van der Waals surface area (Å²) in [5.74, 6) is 1.63. The molecule has 0 spiro atoms. The third-order valence-corrected chi connectivity index (χ3v) is 12.4. The Morgan fingerprint density at radius 3 is 1.82 bits per heavy atom. The first-order valence-electron chi connectivity index (χ1n) is 20.7. The number of benzene rings is 7. The van der Waals surface area contributed by atoms with Gasteiger partial charge in [0, 0.05) is 44.0 Å². The van der Waals surface area contributed by atoms with E-state index in [0.717, 1.165) is 100 Å². The Morgan fingerprint density at radius 1 is 0.492 bits per heavy atom. The predicted octanol–water partition coefficient (Wildman–Crippen LogP) is 14.1. The lowest BCUT2D eigenvalue weighted by Crippen LogP contribution is -2.32. The van der Waals surface area contributed by atoms with E-state index >= 15 is 0 Å². The van der Waals surface area contributed by atoms with Crippen molar-refractivity contribution in [1.29, 1.82) is 0 Å². The van der Waals surface area contributed by atoms with Crippen LogP contribution in [0, 0.1) is 0 Å². The van der Waals surface area contributed by atoms with Crippen molar-refractivity contribution in [3.8, 4) is 73.2 Å². The quantitative estimate of drug-likeness (QED) is 0.168. The Hall–Kier alpha value is -7.89. The van der Waals surface area contributed by atoms with Crippen LogP contribution in [0.15, 0.2) is 205 Å². The predicted molar refractivity (Wildman–Crippen MR) is 247 cm³/mol. The molecule has 10 aromatic rings. The van der Waals surface area contributed by atoms with Crippen LogP contribution in [0.4, 0.5) is 0 Å². The van der Waals surface area contributed by atoms with Gasteiger partial charge in [0.05, 0.1) is 22.3 Å². The fourth-order valence-electron chi connectivity index (χ4n) is 9.08. The maximum atomic E-state index is 6.65. The molecule has 1 aliphatic heterocycles. The molecular weight excluding hydrogens is 747 g/mol. The highest BCUT2D eigenvalue weighted by atomic mass is 16.5. The van der Waals surface area contributed by atoms with Gasteiger partial charge >= 0.3 is 0 Å². The lowest BCUT2D eigenvalue weighted by Gasteiger charge is -2.26. The summed E-state index contributed by atoms with van der Waals surface area (Å²) in [6.45, 7) is 2.25. The van der Waals surface area contributed by atoms with Crippen LogP contribution in [0.1, 0.15) is 12.5 Å². The van der Waals surface area contributed by atoms with Crippen molar-refractivity contribution in [2.24, 2.45) is 0 Å². The smallest absolute Gasteiger partial charge is 0.162 e. The monoisotopic (exact) mass is 783 g/mol. The first-order chi connectivity index (χ1) is 30.1. The number of ether oxygens (including phenoxy) is 1. The van der Waals surface area contributed by atoms with E-state index in [2.05, 4.69) is 159 Å². The van der Waals surface area contributed by atoms with E-state index in [4.69, 9.17) is 24.1 Å². The molecule has 0 N–H and O–H groups in total. The van der Waals surface area contributed by atoms with Gasteiger partial charge < -0.3 is 9.15 Å². The summed E-state index contributed by atoms with van der Waals surface area (Å²) in [6, 6.07) is 61.1. The molecular formula is C56H37N3O2. The molecule has 2 atom stereocenters. The third-order valence-electron chi connectivity index (χ3n) is 12.4. The Bertz CT molecular complexity index is 3330. The lowest BCUT2D eigenvalue weighted by atomic mass is 9.76. The highest BCUT2D eigenvalue weighted by Crippen LogP contribution is 2.48. The van der Waals surface area contributed by atoms with Crippen molar-refractivity contribution in [3.05, 3.63) is 206 Å². The van der Waals surface area contributed by atoms with Crippen molar-refractivity contribution in [2.75, 3.05) is 0 Å². The fraction of sp³-hybridized carbons (Fsp3) is 0.0536. The van der Waals surface area contributed by atoms with E-state index in [1.807, 2.05) is 48.5 Å². The maximum Gasteiger partial charge on any atom is 0.162 e. The van der Waals surface area contributed by atoms with Gasteiger partial charge in [-0.15, -0.1) is 0 Å². The van der Waals surface area contributed by atoms with Crippen molar-refractivity contribution in [2.45, 2.75) is 18.4 Å². The fourth-order valence-corrected chi connectivity index (χ4v) is 9.08. The second-order valence-electron chi connectivity index (χ2n) is 16.1. The molecule has 0 bridgehead atoms. The minimum atomic E-state index is -0.156. The van der Waals surface area contributed by atoms with Gasteiger partial charge in [-0.05, 0) is 65.6 Å². The molecule has 0 fully saturated rings. The summed E-state index contributed by atoms with van der Waals surface area (Å²) >= 11 is 0. The standard InChI is InChI=1S/C56H37N3O2/c1-56-31-11-10-18-51(56)60-50-33-42(27-29-45(50)56)41-28-30-46-44(32-41)52-43-16-8-9-17-49(43)61-54(52)53(57-46)39-23-19-35(20-24-39)36-21-25-40(26-22-36)55-58-47(37-12-4-2-5-13-37)34-48(59-55)38-14-6-3-7-15-38/h2-34,51H,1H3/t51?,56-/m0/s1. The second-order valence-corrected chi connectivity index (χ2v) is 16.1. The Labute approximate surface area is 353 Å². The molecule has 12 rings (SSSR count). The summed E-state index contributed by atoms with van der Waals surface area (Å²) in [4.78, 5) is 15.3. The van der Waals surface area contributed by atoms with Crippen LogP contribution < -0.4 is 4.74 Å². The Morgan fingerprint density at radius 2 is 1.10 bits per heavy atom. The zero-order valence-electron chi connectivity index (χ0n) is 33.3. The van der Waals surface area contributed by atoms with Crippen molar-refractivity contribution < 1.29 is 9.15 Å². The Balaban J connectivity index is 0.890. The number of nitrogens with zero attached hydrogens (tertiary/aromatic N) is 3. The van der Waals surface area contributed by atoms with Gasteiger partial charge in [0.15, 0.2) is 11.4 Å². The molecule has 3 aromatic heterocycles. The Kier molecular flexibility index (Phi) is 7.97. The van der Waals surface area contributed by atoms with Gasteiger partial charge in [-0.2, -0.15) is 0 Å². The maximum absolute atomic E-state index is 6.65. The highest BCUT2D eigenvalue weighted by Gasteiger charge is 2.43. The molecule has 61 heavy (non-hydrogen) atoms. The number of para-hydroxylation sites is 1. The first kappa shape index (κ1) is 35.1. The first-order valence-corrected chi connectivity index (χ1v) is 20.7.